The van der Waals surface area contributed by atoms with Gasteiger partial charge in [-0.2, -0.15) is 0 Å². The molecule has 0 unspecified atom stereocenters. The first-order chi connectivity index (χ1) is 9.67. The Bertz CT molecular complexity index is 380. The Morgan fingerprint density at radius 2 is 1.85 bits per heavy atom. The van der Waals surface area contributed by atoms with E-state index in [1.807, 2.05) is 13.2 Å². The largest absolute Gasteiger partial charge is 0.316 e. The van der Waals surface area contributed by atoms with Gasteiger partial charge in [0.05, 0.1) is 5.69 Å². The third-order valence-electron chi connectivity index (χ3n) is 3.74. The molecule has 2 rings (SSSR count). The number of rotatable bonds is 6. The molecule has 1 fully saturated rings. The molecule has 1 saturated heterocycles. The van der Waals surface area contributed by atoms with Crippen LogP contribution in [-0.4, -0.2) is 54.6 Å². The Morgan fingerprint density at radius 3 is 2.40 bits per heavy atom. The van der Waals surface area contributed by atoms with Gasteiger partial charge in [0.25, 0.3) is 0 Å². The molecule has 0 atom stereocenters. The maximum atomic E-state index is 4.56. The monoisotopic (exact) mass is 276 g/mol. The van der Waals surface area contributed by atoms with Gasteiger partial charge >= 0.3 is 0 Å². The predicted octanol–water partition coefficient (Wildman–Crippen LogP) is 1.57. The molecule has 4 heteroatoms. The van der Waals surface area contributed by atoms with Crippen molar-refractivity contribution in [1.29, 1.82) is 0 Å². The van der Waals surface area contributed by atoms with Gasteiger partial charge in [-0.1, -0.05) is 19.9 Å². The quantitative estimate of drug-likeness (QED) is 0.855. The Labute approximate surface area is 123 Å². The van der Waals surface area contributed by atoms with Crippen LogP contribution >= 0.6 is 0 Å². The fourth-order valence-corrected chi connectivity index (χ4v) is 2.73. The van der Waals surface area contributed by atoms with Gasteiger partial charge in [0.2, 0.25) is 0 Å². The highest BCUT2D eigenvalue weighted by Gasteiger charge is 2.17. The van der Waals surface area contributed by atoms with E-state index in [1.165, 1.54) is 30.9 Å². The topological polar surface area (TPSA) is 31.4 Å². The molecule has 112 valence electrons. The van der Waals surface area contributed by atoms with Crippen LogP contribution < -0.4 is 5.32 Å². The summed E-state index contributed by atoms with van der Waals surface area (Å²) in [7, 11) is 1.96. The van der Waals surface area contributed by atoms with E-state index in [9.17, 15) is 0 Å². The SMILES string of the molecule is CNCc1ccc(CN2CCN(CC(C)C)CC2)nc1. The summed E-state index contributed by atoms with van der Waals surface area (Å²) in [6.45, 7) is 12.4. The first-order valence-corrected chi connectivity index (χ1v) is 7.70. The zero-order valence-corrected chi connectivity index (χ0v) is 13.1. The second kappa shape index (κ2) is 7.72. The minimum Gasteiger partial charge on any atom is -0.316 e. The molecule has 0 bridgehead atoms. The third kappa shape index (κ3) is 4.85. The van der Waals surface area contributed by atoms with Crippen molar-refractivity contribution in [3.63, 3.8) is 0 Å². The zero-order chi connectivity index (χ0) is 14.4. The highest BCUT2D eigenvalue weighted by molar-refractivity contribution is 5.13. The normalized spacial score (nSPS) is 17.8. The van der Waals surface area contributed by atoms with Gasteiger partial charge in [-0.15, -0.1) is 0 Å². The third-order valence-corrected chi connectivity index (χ3v) is 3.74. The van der Waals surface area contributed by atoms with Gasteiger partial charge in [0.1, 0.15) is 0 Å². The number of nitrogens with one attached hydrogen (secondary N) is 1. The van der Waals surface area contributed by atoms with Crippen molar-refractivity contribution in [1.82, 2.24) is 20.1 Å². The number of nitrogens with zero attached hydrogens (tertiary/aromatic N) is 3. The maximum Gasteiger partial charge on any atom is 0.0544 e. The standard InChI is InChI=1S/C16H28N4/c1-14(2)12-19-6-8-20(9-7-19)13-16-5-4-15(10-17-3)11-18-16/h4-5,11,14,17H,6-10,12-13H2,1-3H3. The number of piperazine rings is 1. The lowest BCUT2D eigenvalue weighted by Crippen LogP contribution is -2.46. The molecule has 20 heavy (non-hydrogen) atoms. The van der Waals surface area contributed by atoms with Crippen LogP contribution in [0.5, 0.6) is 0 Å². The Kier molecular flexibility index (Phi) is 5.95. The van der Waals surface area contributed by atoms with Crippen LogP contribution in [0.1, 0.15) is 25.1 Å². The van der Waals surface area contributed by atoms with Gasteiger partial charge in [-0.25, -0.2) is 0 Å². The number of hydrogen-bond donors (Lipinski definition) is 1. The van der Waals surface area contributed by atoms with Gasteiger partial charge in [-0.3, -0.25) is 9.88 Å². The zero-order valence-electron chi connectivity index (χ0n) is 13.1. The average Bonchev–Trinajstić information content (AvgIpc) is 2.43. The van der Waals surface area contributed by atoms with Crippen molar-refractivity contribution in [2.24, 2.45) is 5.92 Å². The first kappa shape index (κ1) is 15.4. The Balaban J connectivity index is 1.77. The van der Waals surface area contributed by atoms with Gasteiger partial charge in [-0.05, 0) is 24.6 Å². The maximum absolute atomic E-state index is 4.56. The van der Waals surface area contributed by atoms with E-state index in [0.717, 1.165) is 32.1 Å². The second-order valence-electron chi connectivity index (χ2n) is 6.16. The molecule has 0 amide bonds. The van der Waals surface area contributed by atoms with E-state index >= 15 is 0 Å². The summed E-state index contributed by atoms with van der Waals surface area (Å²) in [5, 5.41) is 3.15. The number of pyridine rings is 1. The minimum absolute atomic E-state index is 0.767. The molecule has 2 heterocycles. The Morgan fingerprint density at radius 1 is 1.15 bits per heavy atom. The lowest BCUT2D eigenvalue weighted by atomic mass is 10.2. The minimum atomic E-state index is 0.767. The molecule has 0 aliphatic carbocycles. The molecule has 1 aromatic heterocycles. The molecular formula is C16H28N4. The van der Waals surface area contributed by atoms with Crippen molar-refractivity contribution < 1.29 is 0 Å². The summed E-state index contributed by atoms with van der Waals surface area (Å²) in [5.41, 5.74) is 2.43. The molecule has 0 saturated carbocycles. The highest BCUT2D eigenvalue weighted by Crippen LogP contribution is 2.09. The number of aromatic nitrogens is 1. The average molecular weight is 276 g/mol. The summed E-state index contributed by atoms with van der Waals surface area (Å²) in [5.74, 6) is 0.767. The Hall–Kier alpha value is -0.970. The molecule has 1 N–H and O–H groups in total. The van der Waals surface area contributed by atoms with Crippen LogP contribution in [0, 0.1) is 5.92 Å². The van der Waals surface area contributed by atoms with E-state index in [2.05, 4.69) is 46.1 Å². The molecule has 1 aliphatic rings. The van der Waals surface area contributed by atoms with Crippen LogP contribution in [0.2, 0.25) is 0 Å². The van der Waals surface area contributed by atoms with Crippen molar-refractivity contribution in [3.8, 4) is 0 Å². The van der Waals surface area contributed by atoms with Crippen molar-refractivity contribution in [2.45, 2.75) is 26.9 Å². The molecule has 1 aliphatic heterocycles. The van der Waals surface area contributed by atoms with Crippen LogP contribution in [0.4, 0.5) is 0 Å². The van der Waals surface area contributed by atoms with Gasteiger partial charge in [0.15, 0.2) is 0 Å². The summed E-state index contributed by atoms with van der Waals surface area (Å²) in [6.07, 6.45) is 1.99. The smallest absolute Gasteiger partial charge is 0.0544 e. The lowest BCUT2D eigenvalue weighted by molar-refractivity contribution is 0.116. The van der Waals surface area contributed by atoms with Crippen LogP contribution in [0.25, 0.3) is 0 Å². The van der Waals surface area contributed by atoms with Crippen LogP contribution in [0.3, 0.4) is 0 Å². The summed E-state index contributed by atoms with van der Waals surface area (Å²) < 4.78 is 0. The van der Waals surface area contributed by atoms with E-state index in [4.69, 9.17) is 0 Å². The lowest BCUT2D eigenvalue weighted by Gasteiger charge is -2.35. The second-order valence-corrected chi connectivity index (χ2v) is 6.16. The highest BCUT2D eigenvalue weighted by atomic mass is 15.3. The predicted molar refractivity (Wildman–Crippen MR) is 83.6 cm³/mol. The molecular weight excluding hydrogens is 248 g/mol. The van der Waals surface area contributed by atoms with Gasteiger partial charge in [0, 0.05) is 52.0 Å². The van der Waals surface area contributed by atoms with E-state index in [0.29, 0.717) is 0 Å². The molecule has 0 aromatic carbocycles. The van der Waals surface area contributed by atoms with Crippen LogP contribution in [0.15, 0.2) is 18.3 Å². The molecule has 4 nitrogen and oxygen atoms in total. The fraction of sp³-hybridized carbons (Fsp3) is 0.688. The van der Waals surface area contributed by atoms with E-state index < -0.39 is 0 Å². The van der Waals surface area contributed by atoms with E-state index in [-0.39, 0.29) is 0 Å². The first-order valence-electron chi connectivity index (χ1n) is 7.70. The summed E-state index contributed by atoms with van der Waals surface area (Å²) >= 11 is 0. The van der Waals surface area contributed by atoms with Crippen LogP contribution in [-0.2, 0) is 13.1 Å². The molecule has 1 aromatic rings. The number of hydrogen-bond acceptors (Lipinski definition) is 4. The van der Waals surface area contributed by atoms with Crippen molar-refractivity contribution >= 4 is 0 Å². The molecule has 0 spiro atoms. The van der Waals surface area contributed by atoms with E-state index in [1.54, 1.807) is 0 Å². The van der Waals surface area contributed by atoms with Crippen molar-refractivity contribution in [2.75, 3.05) is 39.8 Å². The summed E-state index contributed by atoms with van der Waals surface area (Å²) in [6, 6.07) is 4.33. The molecule has 0 radical (unpaired) electrons. The van der Waals surface area contributed by atoms with Crippen molar-refractivity contribution in [3.05, 3.63) is 29.6 Å². The van der Waals surface area contributed by atoms with Gasteiger partial charge < -0.3 is 10.2 Å². The fourth-order valence-electron chi connectivity index (χ4n) is 2.73. The summed E-state index contributed by atoms with van der Waals surface area (Å²) in [4.78, 5) is 9.65.